The maximum Gasteiger partial charge on any atom is 0.341 e. The smallest absolute Gasteiger partial charge is 0.341 e. The molecule has 0 atom stereocenters. The molecule has 1 aromatic carbocycles. The van der Waals surface area contributed by atoms with Gasteiger partial charge in [0.05, 0.1) is 38.2 Å². The van der Waals surface area contributed by atoms with Crippen LogP contribution in [0.25, 0.3) is 5.52 Å². The first-order valence-corrected chi connectivity index (χ1v) is 9.77. The number of carbonyl (C=O) groups excluding carboxylic acids is 1. The van der Waals surface area contributed by atoms with Crippen molar-refractivity contribution < 1.29 is 27.4 Å². The summed E-state index contributed by atoms with van der Waals surface area (Å²) in [6.07, 6.45) is 2.91. The molecule has 0 fully saturated rings. The number of esters is 1. The van der Waals surface area contributed by atoms with E-state index in [2.05, 4.69) is 9.82 Å². The lowest BCUT2D eigenvalue weighted by molar-refractivity contribution is 0.0528. The van der Waals surface area contributed by atoms with Gasteiger partial charge in [0.1, 0.15) is 22.0 Å². The number of hydrogen-bond donors (Lipinski definition) is 1. The number of aromatic nitrogens is 2. The highest BCUT2D eigenvalue weighted by molar-refractivity contribution is 7.92. The summed E-state index contributed by atoms with van der Waals surface area (Å²) in [5.74, 6) is 0.00919. The van der Waals surface area contributed by atoms with E-state index in [1.54, 1.807) is 19.2 Å². The van der Waals surface area contributed by atoms with Crippen LogP contribution in [0, 0.1) is 0 Å². The predicted molar refractivity (Wildman–Crippen MR) is 102 cm³/mol. The molecule has 2 heterocycles. The first kappa shape index (κ1) is 19.5. The van der Waals surface area contributed by atoms with Crippen molar-refractivity contribution in [1.29, 1.82) is 0 Å². The van der Waals surface area contributed by atoms with Crippen molar-refractivity contribution in [2.24, 2.45) is 0 Å². The molecule has 0 radical (unpaired) electrons. The Morgan fingerprint density at radius 1 is 1.18 bits per heavy atom. The zero-order chi connectivity index (χ0) is 20.3. The van der Waals surface area contributed by atoms with E-state index in [-0.39, 0.29) is 28.5 Å². The van der Waals surface area contributed by atoms with Gasteiger partial charge < -0.3 is 14.2 Å². The van der Waals surface area contributed by atoms with Crippen LogP contribution in [0.5, 0.6) is 11.5 Å². The van der Waals surface area contributed by atoms with E-state index < -0.39 is 16.0 Å². The lowest BCUT2D eigenvalue weighted by Crippen LogP contribution is -2.14. The molecule has 0 unspecified atom stereocenters. The molecular formula is C18H19N3O6S. The van der Waals surface area contributed by atoms with Gasteiger partial charge in [0, 0.05) is 12.3 Å². The Morgan fingerprint density at radius 2 is 1.96 bits per heavy atom. The highest BCUT2D eigenvalue weighted by Crippen LogP contribution is 2.30. The van der Waals surface area contributed by atoms with Gasteiger partial charge in [-0.15, -0.1) is 0 Å². The molecule has 0 aliphatic carbocycles. The summed E-state index contributed by atoms with van der Waals surface area (Å²) in [7, 11) is -1.16. The van der Waals surface area contributed by atoms with Gasteiger partial charge in [-0.05, 0) is 31.2 Å². The predicted octanol–water partition coefficient (Wildman–Crippen LogP) is 2.33. The molecule has 0 saturated carbocycles. The number of sulfonamides is 1. The second kappa shape index (κ2) is 7.77. The van der Waals surface area contributed by atoms with Crippen molar-refractivity contribution in [3.63, 3.8) is 0 Å². The lowest BCUT2D eigenvalue weighted by Gasteiger charge is -2.13. The number of ether oxygens (including phenoxy) is 3. The quantitative estimate of drug-likeness (QED) is 0.601. The molecule has 28 heavy (non-hydrogen) atoms. The number of pyridine rings is 1. The topological polar surface area (TPSA) is 108 Å². The number of nitrogens with zero attached hydrogens (tertiary/aromatic N) is 2. The molecule has 0 amide bonds. The third-order valence-corrected chi connectivity index (χ3v) is 5.33. The Bertz CT molecular complexity index is 1120. The SMILES string of the molecule is CCOC(=O)c1cnn2ccc(NS(=O)(=O)c3cc(OC)ccc3OC)cc12. The third-order valence-electron chi connectivity index (χ3n) is 3.93. The first-order chi connectivity index (χ1) is 13.4. The summed E-state index contributed by atoms with van der Waals surface area (Å²) >= 11 is 0. The van der Waals surface area contributed by atoms with Crippen molar-refractivity contribution in [3.05, 3.63) is 48.3 Å². The van der Waals surface area contributed by atoms with Gasteiger partial charge in [-0.2, -0.15) is 5.10 Å². The summed E-state index contributed by atoms with van der Waals surface area (Å²) in [5, 5.41) is 4.07. The van der Waals surface area contributed by atoms with E-state index in [9.17, 15) is 13.2 Å². The lowest BCUT2D eigenvalue weighted by atomic mass is 10.2. The van der Waals surface area contributed by atoms with Crippen molar-refractivity contribution >= 4 is 27.2 Å². The number of benzene rings is 1. The minimum Gasteiger partial charge on any atom is -0.497 e. The highest BCUT2D eigenvalue weighted by Gasteiger charge is 2.22. The van der Waals surface area contributed by atoms with E-state index in [0.717, 1.165) is 0 Å². The van der Waals surface area contributed by atoms with Gasteiger partial charge in [0.25, 0.3) is 10.0 Å². The number of fused-ring (bicyclic) bond motifs is 1. The van der Waals surface area contributed by atoms with E-state index in [4.69, 9.17) is 14.2 Å². The first-order valence-electron chi connectivity index (χ1n) is 8.29. The van der Waals surface area contributed by atoms with Crippen LogP contribution in [0.1, 0.15) is 17.3 Å². The Labute approximate surface area is 161 Å². The van der Waals surface area contributed by atoms with Gasteiger partial charge in [-0.3, -0.25) is 4.72 Å². The minimum atomic E-state index is -3.98. The Hall–Kier alpha value is -3.27. The van der Waals surface area contributed by atoms with Crippen LogP contribution >= 0.6 is 0 Å². The average Bonchev–Trinajstić information content (AvgIpc) is 3.10. The summed E-state index contributed by atoms with van der Waals surface area (Å²) in [4.78, 5) is 12.0. The maximum atomic E-state index is 12.9. The van der Waals surface area contributed by atoms with Crippen molar-refractivity contribution in [1.82, 2.24) is 9.61 Å². The third kappa shape index (κ3) is 3.72. The number of nitrogens with one attached hydrogen (secondary N) is 1. The number of anilines is 1. The van der Waals surface area contributed by atoms with Crippen LogP contribution in [0.2, 0.25) is 0 Å². The molecule has 0 aliphatic rings. The molecule has 3 aromatic rings. The Kier molecular flexibility index (Phi) is 5.41. The maximum absolute atomic E-state index is 12.9. The highest BCUT2D eigenvalue weighted by atomic mass is 32.2. The summed E-state index contributed by atoms with van der Waals surface area (Å²) in [6.45, 7) is 1.92. The van der Waals surface area contributed by atoms with Crippen LogP contribution < -0.4 is 14.2 Å². The average molecular weight is 405 g/mol. The van der Waals surface area contributed by atoms with Gasteiger partial charge in [-0.1, -0.05) is 0 Å². The van der Waals surface area contributed by atoms with Crippen LogP contribution in [-0.4, -0.2) is 44.8 Å². The molecular weight excluding hydrogens is 386 g/mol. The zero-order valence-electron chi connectivity index (χ0n) is 15.5. The van der Waals surface area contributed by atoms with Crippen molar-refractivity contribution in [3.8, 4) is 11.5 Å². The molecule has 0 bridgehead atoms. The largest absolute Gasteiger partial charge is 0.497 e. The number of carbonyl (C=O) groups is 1. The minimum absolute atomic E-state index is 0.0756. The van der Waals surface area contributed by atoms with Gasteiger partial charge in [0.15, 0.2) is 0 Å². The number of hydrogen-bond acceptors (Lipinski definition) is 7. The van der Waals surface area contributed by atoms with E-state index in [1.807, 2.05) is 0 Å². The Morgan fingerprint density at radius 3 is 2.64 bits per heavy atom. The fraction of sp³-hybridized carbons (Fsp3) is 0.222. The molecule has 0 saturated heterocycles. The molecule has 1 N–H and O–H groups in total. The van der Waals surface area contributed by atoms with E-state index >= 15 is 0 Å². The number of methoxy groups -OCH3 is 2. The van der Waals surface area contributed by atoms with Crippen molar-refractivity contribution in [2.45, 2.75) is 11.8 Å². The Balaban J connectivity index is 2.00. The second-order valence-electron chi connectivity index (χ2n) is 5.65. The fourth-order valence-corrected chi connectivity index (χ4v) is 3.85. The fourth-order valence-electron chi connectivity index (χ4n) is 2.61. The summed E-state index contributed by atoms with van der Waals surface area (Å²) in [5.41, 5.74) is 0.904. The molecule has 10 heteroatoms. The molecule has 3 rings (SSSR count). The number of rotatable bonds is 7. The molecule has 0 spiro atoms. The summed E-state index contributed by atoms with van der Waals surface area (Å²) in [6, 6.07) is 7.50. The van der Waals surface area contributed by atoms with E-state index in [1.165, 1.54) is 49.2 Å². The van der Waals surface area contributed by atoms with Gasteiger partial charge in [-0.25, -0.2) is 17.7 Å². The van der Waals surface area contributed by atoms with Crippen LogP contribution in [0.15, 0.2) is 47.6 Å². The second-order valence-corrected chi connectivity index (χ2v) is 7.30. The molecule has 0 aliphatic heterocycles. The van der Waals surface area contributed by atoms with E-state index in [0.29, 0.717) is 11.3 Å². The monoisotopic (exact) mass is 405 g/mol. The zero-order valence-corrected chi connectivity index (χ0v) is 16.3. The van der Waals surface area contributed by atoms with Crippen LogP contribution in [-0.2, 0) is 14.8 Å². The standard InChI is InChI=1S/C18H19N3O6S/c1-4-27-18(22)14-11-19-21-8-7-12(9-15(14)21)20-28(23,24)17-10-13(25-2)5-6-16(17)26-3/h5-11,20H,4H2,1-3H3. The van der Waals surface area contributed by atoms with Crippen LogP contribution in [0.4, 0.5) is 5.69 Å². The normalized spacial score (nSPS) is 11.2. The molecule has 2 aromatic heterocycles. The molecule has 148 valence electrons. The van der Waals surface area contributed by atoms with Crippen LogP contribution in [0.3, 0.4) is 0 Å². The summed E-state index contributed by atoms with van der Waals surface area (Å²) < 4.78 is 45.0. The van der Waals surface area contributed by atoms with Gasteiger partial charge >= 0.3 is 5.97 Å². The van der Waals surface area contributed by atoms with Crippen molar-refractivity contribution in [2.75, 3.05) is 25.5 Å². The molecule has 9 nitrogen and oxygen atoms in total. The van der Waals surface area contributed by atoms with Gasteiger partial charge in [0.2, 0.25) is 0 Å².